The Kier molecular flexibility index (Phi) is 3.94. The first-order chi connectivity index (χ1) is 7.39. The van der Waals surface area contributed by atoms with Crippen LogP contribution in [0.4, 0.5) is 4.79 Å². The van der Waals surface area contributed by atoms with Gasteiger partial charge in [-0.1, -0.05) is 19.8 Å². The highest BCUT2D eigenvalue weighted by Gasteiger charge is 2.41. The van der Waals surface area contributed by atoms with Gasteiger partial charge in [-0.2, -0.15) is 0 Å². The van der Waals surface area contributed by atoms with Crippen LogP contribution >= 0.6 is 0 Å². The number of rotatable bonds is 5. The average molecular weight is 227 g/mol. The second-order valence-corrected chi connectivity index (χ2v) is 4.92. The molecule has 0 aromatic rings. The normalized spacial score (nSPS) is 18.8. The first kappa shape index (κ1) is 13.0. The maximum atomic E-state index is 11.9. The van der Waals surface area contributed by atoms with Gasteiger partial charge in [0, 0.05) is 20.5 Å². The zero-order valence-corrected chi connectivity index (χ0v) is 10.6. The molecule has 16 heavy (non-hydrogen) atoms. The molecule has 0 heterocycles. The molecule has 0 spiro atoms. The van der Waals surface area contributed by atoms with Gasteiger partial charge in [0.25, 0.3) is 0 Å². The fraction of sp³-hybridized carbons (Fsp3) is 0.833. The second-order valence-electron chi connectivity index (χ2n) is 4.92. The zero-order chi connectivity index (χ0) is 12.3. The van der Waals surface area contributed by atoms with Crippen LogP contribution in [0, 0.1) is 5.92 Å². The molecule has 0 unspecified atom stereocenters. The first-order valence-electron chi connectivity index (χ1n) is 5.82. The fourth-order valence-electron chi connectivity index (χ4n) is 1.74. The van der Waals surface area contributed by atoms with Crippen molar-refractivity contribution >= 4 is 11.9 Å². The number of hydrogen-bond acceptors (Lipinski definition) is 3. The van der Waals surface area contributed by atoms with Crippen molar-refractivity contribution in [3.8, 4) is 0 Å². The molecule has 1 atom stereocenters. The molecular formula is C12H21NO3. The summed E-state index contributed by atoms with van der Waals surface area (Å²) in [6, 6.07) is 0. The molecule has 1 aliphatic rings. The number of ketones is 1. The average Bonchev–Trinajstić information content (AvgIpc) is 2.99. The summed E-state index contributed by atoms with van der Waals surface area (Å²) in [5.41, 5.74) is -0.933. The molecule has 1 aliphatic carbocycles. The van der Waals surface area contributed by atoms with Gasteiger partial charge < -0.3 is 9.64 Å². The standard InChI is InChI=1S/C12H21NO3/c1-5-10(14)12(2,8-9-6-7-9)16-11(15)13(3)4/h9H,5-8H2,1-4H3/t12-/m1/s1. The fourth-order valence-corrected chi connectivity index (χ4v) is 1.74. The summed E-state index contributed by atoms with van der Waals surface area (Å²) in [5, 5.41) is 0. The Labute approximate surface area is 96.9 Å². The van der Waals surface area contributed by atoms with E-state index in [1.807, 2.05) is 0 Å². The molecule has 0 aromatic carbocycles. The number of hydrogen-bond donors (Lipinski definition) is 0. The van der Waals surface area contributed by atoms with Crippen LogP contribution in [0.15, 0.2) is 0 Å². The highest BCUT2D eigenvalue weighted by atomic mass is 16.6. The molecule has 1 saturated carbocycles. The van der Waals surface area contributed by atoms with Gasteiger partial charge in [0.05, 0.1) is 0 Å². The number of nitrogens with zero attached hydrogens (tertiary/aromatic N) is 1. The predicted molar refractivity (Wildman–Crippen MR) is 61.2 cm³/mol. The quantitative estimate of drug-likeness (QED) is 0.723. The van der Waals surface area contributed by atoms with Crippen molar-refractivity contribution in [2.75, 3.05) is 14.1 Å². The van der Waals surface area contributed by atoms with E-state index in [0.717, 1.165) is 12.8 Å². The summed E-state index contributed by atoms with van der Waals surface area (Å²) >= 11 is 0. The van der Waals surface area contributed by atoms with Crippen LogP contribution in [-0.2, 0) is 9.53 Å². The lowest BCUT2D eigenvalue weighted by molar-refractivity contribution is -0.137. The van der Waals surface area contributed by atoms with Crippen molar-refractivity contribution in [3.05, 3.63) is 0 Å². The highest BCUT2D eigenvalue weighted by molar-refractivity contribution is 5.88. The number of Topliss-reactive ketones (excluding diaryl/α,β-unsaturated/α-hetero) is 1. The lowest BCUT2D eigenvalue weighted by Gasteiger charge is -2.29. The third-order valence-electron chi connectivity index (χ3n) is 2.96. The van der Waals surface area contributed by atoms with Crippen LogP contribution in [0.1, 0.15) is 39.5 Å². The lowest BCUT2D eigenvalue weighted by atomic mass is 9.92. The van der Waals surface area contributed by atoms with E-state index in [1.54, 1.807) is 27.9 Å². The minimum atomic E-state index is -0.933. The third kappa shape index (κ3) is 3.22. The Balaban J connectivity index is 2.68. The maximum Gasteiger partial charge on any atom is 0.410 e. The van der Waals surface area contributed by atoms with Gasteiger partial charge in [0.2, 0.25) is 0 Å². The van der Waals surface area contributed by atoms with Gasteiger partial charge >= 0.3 is 6.09 Å². The number of carbonyl (C=O) groups excluding carboxylic acids is 2. The lowest BCUT2D eigenvalue weighted by Crippen LogP contribution is -2.43. The monoisotopic (exact) mass is 227 g/mol. The highest BCUT2D eigenvalue weighted by Crippen LogP contribution is 2.39. The van der Waals surface area contributed by atoms with Gasteiger partial charge in [0.15, 0.2) is 11.4 Å². The molecule has 4 nitrogen and oxygen atoms in total. The maximum absolute atomic E-state index is 11.9. The minimum absolute atomic E-state index is 0.00889. The molecule has 1 fully saturated rings. The molecule has 4 heteroatoms. The van der Waals surface area contributed by atoms with Crippen LogP contribution in [-0.4, -0.2) is 36.5 Å². The van der Waals surface area contributed by atoms with E-state index in [9.17, 15) is 9.59 Å². The van der Waals surface area contributed by atoms with Crippen LogP contribution in [0.3, 0.4) is 0 Å². The molecular weight excluding hydrogens is 206 g/mol. The Morgan fingerprint density at radius 3 is 2.31 bits per heavy atom. The summed E-state index contributed by atoms with van der Waals surface area (Å²) in [5.74, 6) is 0.560. The summed E-state index contributed by atoms with van der Waals surface area (Å²) in [6.45, 7) is 3.54. The topological polar surface area (TPSA) is 46.6 Å². The van der Waals surface area contributed by atoms with Gasteiger partial charge in [-0.15, -0.1) is 0 Å². The van der Waals surface area contributed by atoms with Crippen LogP contribution in [0.25, 0.3) is 0 Å². The van der Waals surface area contributed by atoms with Crippen LogP contribution < -0.4 is 0 Å². The molecule has 92 valence electrons. The van der Waals surface area contributed by atoms with E-state index < -0.39 is 11.7 Å². The van der Waals surface area contributed by atoms with Crippen LogP contribution in [0.5, 0.6) is 0 Å². The SMILES string of the molecule is CCC(=O)[C@@](C)(CC1CC1)OC(=O)N(C)C. The molecule has 1 rings (SSSR count). The van der Waals surface area contributed by atoms with Gasteiger partial charge in [0.1, 0.15) is 0 Å². The Morgan fingerprint density at radius 2 is 1.94 bits per heavy atom. The van der Waals surface area contributed by atoms with Crippen molar-refractivity contribution in [2.24, 2.45) is 5.92 Å². The first-order valence-corrected chi connectivity index (χ1v) is 5.82. The number of carbonyl (C=O) groups is 2. The summed E-state index contributed by atoms with van der Waals surface area (Å²) in [4.78, 5) is 24.7. The van der Waals surface area contributed by atoms with E-state index in [0.29, 0.717) is 18.8 Å². The molecule has 0 aliphatic heterocycles. The van der Waals surface area contributed by atoms with E-state index in [2.05, 4.69) is 0 Å². The largest absolute Gasteiger partial charge is 0.435 e. The van der Waals surface area contributed by atoms with E-state index in [-0.39, 0.29) is 5.78 Å². The third-order valence-corrected chi connectivity index (χ3v) is 2.96. The molecule has 0 N–H and O–H groups in total. The molecule has 0 radical (unpaired) electrons. The van der Waals surface area contributed by atoms with Crippen LogP contribution in [0.2, 0.25) is 0 Å². The Hall–Kier alpha value is -1.06. The number of amides is 1. The second kappa shape index (κ2) is 4.85. The number of ether oxygens (including phenoxy) is 1. The summed E-state index contributed by atoms with van der Waals surface area (Å²) < 4.78 is 5.34. The predicted octanol–water partition coefficient (Wildman–Crippen LogP) is 2.22. The molecule has 0 bridgehead atoms. The van der Waals surface area contributed by atoms with Gasteiger partial charge in [-0.25, -0.2) is 4.79 Å². The van der Waals surface area contributed by atoms with Crippen molar-refractivity contribution in [3.63, 3.8) is 0 Å². The van der Waals surface area contributed by atoms with E-state index in [1.165, 1.54) is 4.90 Å². The summed E-state index contributed by atoms with van der Waals surface area (Å²) in [7, 11) is 3.24. The smallest absolute Gasteiger partial charge is 0.410 e. The van der Waals surface area contributed by atoms with Crippen molar-refractivity contribution < 1.29 is 14.3 Å². The molecule has 0 aromatic heterocycles. The van der Waals surface area contributed by atoms with Gasteiger partial charge in [-0.05, 0) is 19.3 Å². The van der Waals surface area contributed by atoms with Crippen molar-refractivity contribution in [2.45, 2.75) is 45.1 Å². The summed E-state index contributed by atoms with van der Waals surface area (Å²) in [6.07, 6.45) is 2.92. The van der Waals surface area contributed by atoms with Crippen molar-refractivity contribution in [1.29, 1.82) is 0 Å². The zero-order valence-electron chi connectivity index (χ0n) is 10.6. The van der Waals surface area contributed by atoms with E-state index in [4.69, 9.17) is 4.74 Å². The Bertz CT molecular complexity index is 284. The van der Waals surface area contributed by atoms with Gasteiger partial charge in [-0.3, -0.25) is 4.79 Å². The van der Waals surface area contributed by atoms with Crippen molar-refractivity contribution in [1.82, 2.24) is 4.90 Å². The minimum Gasteiger partial charge on any atom is -0.435 e. The van der Waals surface area contributed by atoms with E-state index >= 15 is 0 Å². The molecule has 1 amide bonds. The molecule has 0 saturated heterocycles. The Morgan fingerprint density at radius 1 is 1.38 bits per heavy atom.